The molecule has 0 atom stereocenters. The van der Waals surface area contributed by atoms with Gasteiger partial charge in [0.15, 0.2) is 0 Å². The second-order valence-electron chi connectivity index (χ2n) is 4.44. The van der Waals surface area contributed by atoms with E-state index >= 15 is 0 Å². The Morgan fingerprint density at radius 2 is 2.29 bits per heavy atom. The van der Waals surface area contributed by atoms with Gasteiger partial charge in [0, 0.05) is 12.8 Å². The lowest BCUT2D eigenvalue weighted by Gasteiger charge is -2.07. The molecule has 0 amide bonds. The average molecular weight is 232 g/mol. The second-order valence-corrected chi connectivity index (χ2v) is 4.44. The zero-order chi connectivity index (χ0) is 12.3. The summed E-state index contributed by atoms with van der Waals surface area (Å²) in [6.45, 7) is 2.48. The average Bonchev–Trinajstić information content (AvgIpc) is 2.70. The lowest BCUT2D eigenvalue weighted by Crippen LogP contribution is -2.31. The molecule has 0 bridgehead atoms. The van der Waals surface area contributed by atoms with Crippen LogP contribution in [0.4, 0.5) is 0 Å². The van der Waals surface area contributed by atoms with Gasteiger partial charge in [-0.25, -0.2) is 0 Å². The van der Waals surface area contributed by atoms with Gasteiger partial charge in [0.2, 0.25) is 0 Å². The molecule has 0 saturated heterocycles. The van der Waals surface area contributed by atoms with Crippen molar-refractivity contribution >= 4 is 18.4 Å². The Balaban J connectivity index is 2.07. The van der Waals surface area contributed by atoms with Gasteiger partial charge in [0.05, 0.1) is 6.61 Å². The molecule has 1 aromatic rings. The topological polar surface area (TPSA) is 46.5 Å². The molecule has 1 N–H and O–H groups in total. The van der Waals surface area contributed by atoms with Gasteiger partial charge in [-0.1, -0.05) is 25.1 Å². The lowest BCUT2D eigenvalue weighted by molar-refractivity contribution is -0.119. The van der Waals surface area contributed by atoms with Crippen molar-refractivity contribution in [1.29, 1.82) is 0 Å². The molecular weight excluding hydrogens is 215 g/mol. The number of ketones is 1. The Bertz CT molecular complexity index is 417. The largest absolute Gasteiger partial charge is 0.492 e. The van der Waals surface area contributed by atoms with Crippen molar-refractivity contribution in [3.05, 3.63) is 29.3 Å². The van der Waals surface area contributed by atoms with Crippen LogP contribution >= 0.6 is 0 Å². The Morgan fingerprint density at radius 1 is 1.47 bits per heavy atom. The van der Waals surface area contributed by atoms with Gasteiger partial charge in [-0.15, -0.1) is 0 Å². The van der Waals surface area contributed by atoms with Crippen molar-refractivity contribution in [2.45, 2.75) is 39.2 Å². The van der Waals surface area contributed by atoms with Crippen LogP contribution in [0.5, 0.6) is 0 Å². The van der Waals surface area contributed by atoms with Crippen LogP contribution < -0.4 is 5.46 Å². The van der Waals surface area contributed by atoms with Gasteiger partial charge < -0.3 is 9.68 Å². The molecule has 0 aliphatic carbocycles. The van der Waals surface area contributed by atoms with E-state index < -0.39 is 7.12 Å². The smallest absolute Gasteiger partial charge is 0.423 e. The summed E-state index contributed by atoms with van der Waals surface area (Å²) in [5, 5.41) is 9.72. The van der Waals surface area contributed by atoms with E-state index in [1.54, 1.807) is 0 Å². The number of carbonyl (C=O) groups is 1. The molecule has 90 valence electrons. The van der Waals surface area contributed by atoms with Crippen LogP contribution in [0.2, 0.25) is 0 Å². The second kappa shape index (κ2) is 5.47. The highest BCUT2D eigenvalue weighted by Gasteiger charge is 2.29. The summed E-state index contributed by atoms with van der Waals surface area (Å²) in [5.74, 6) is 0.290. The van der Waals surface area contributed by atoms with E-state index in [-0.39, 0.29) is 0 Å². The fraction of sp³-hybridized carbons (Fsp3) is 0.462. The SMILES string of the molecule is CCCC(=O)CCc1cccc2c1B(O)OC2. The molecular formula is C13H17BO3. The van der Waals surface area contributed by atoms with E-state index in [0.29, 0.717) is 31.7 Å². The first-order valence-electron chi connectivity index (χ1n) is 6.14. The van der Waals surface area contributed by atoms with Gasteiger partial charge in [-0.2, -0.15) is 0 Å². The zero-order valence-corrected chi connectivity index (χ0v) is 10.1. The van der Waals surface area contributed by atoms with Gasteiger partial charge in [-0.3, -0.25) is 4.79 Å². The Hall–Kier alpha value is -1.13. The van der Waals surface area contributed by atoms with E-state index in [1.807, 2.05) is 25.1 Å². The molecule has 0 unspecified atom stereocenters. The summed E-state index contributed by atoms with van der Waals surface area (Å²) in [6, 6.07) is 5.89. The first-order chi connectivity index (χ1) is 8.22. The Kier molecular flexibility index (Phi) is 3.97. The van der Waals surface area contributed by atoms with E-state index in [4.69, 9.17) is 4.65 Å². The van der Waals surface area contributed by atoms with Gasteiger partial charge >= 0.3 is 7.12 Å². The highest BCUT2D eigenvalue weighted by molar-refractivity contribution is 6.62. The van der Waals surface area contributed by atoms with Gasteiger partial charge in [0.1, 0.15) is 5.78 Å². The minimum atomic E-state index is -0.817. The molecule has 0 saturated carbocycles. The number of Topliss-reactive ketones (excluding diaryl/α,β-unsaturated/α-hetero) is 1. The molecule has 0 aromatic heterocycles. The van der Waals surface area contributed by atoms with Crippen LogP contribution in [-0.4, -0.2) is 17.9 Å². The first kappa shape index (κ1) is 12.3. The highest BCUT2D eigenvalue weighted by atomic mass is 16.5. The molecule has 1 heterocycles. The third-order valence-electron chi connectivity index (χ3n) is 3.13. The van der Waals surface area contributed by atoms with Crippen LogP contribution in [0.15, 0.2) is 18.2 Å². The number of rotatable bonds is 5. The minimum Gasteiger partial charge on any atom is -0.423 e. The number of carbonyl (C=O) groups excluding carboxylic acids is 1. The standard InChI is InChI=1S/C13H17BO3/c1-2-4-12(15)8-7-10-5-3-6-11-9-17-14(16)13(10)11/h3,5-6,16H,2,4,7-9H2,1H3. The predicted molar refractivity (Wildman–Crippen MR) is 67.1 cm³/mol. The molecule has 2 rings (SSSR count). The van der Waals surface area contributed by atoms with Crippen molar-refractivity contribution in [3.8, 4) is 0 Å². The van der Waals surface area contributed by atoms with Crippen molar-refractivity contribution in [1.82, 2.24) is 0 Å². The molecule has 1 aliphatic rings. The maximum atomic E-state index is 11.5. The van der Waals surface area contributed by atoms with Crippen molar-refractivity contribution < 1.29 is 14.5 Å². The van der Waals surface area contributed by atoms with Gasteiger partial charge in [0.25, 0.3) is 0 Å². The molecule has 1 aliphatic heterocycles. The summed E-state index contributed by atoms with van der Waals surface area (Å²) in [6.07, 6.45) is 2.80. The fourth-order valence-electron chi connectivity index (χ4n) is 2.26. The van der Waals surface area contributed by atoms with Gasteiger partial charge in [-0.05, 0) is 29.4 Å². The van der Waals surface area contributed by atoms with Crippen molar-refractivity contribution in [2.24, 2.45) is 0 Å². The van der Waals surface area contributed by atoms with Crippen molar-refractivity contribution in [2.75, 3.05) is 0 Å². The molecule has 0 radical (unpaired) electrons. The first-order valence-corrected chi connectivity index (χ1v) is 6.14. The molecule has 0 spiro atoms. The maximum Gasteiger partial charge on any atom is 0.492 e. The number of benzene rings is 1. The van der Waals surface area contributed by atoms with Crippen LogP contribution in [0.1, 0.15) is 37.3 Å². The molecule has 4 heteroatoms. The highest BCUT2D eigenvalue weighted by Crippen LogP contribution is 2.14. The van der Waals surface area contributed by atoms with Crippen LogP contribution in [-0.2, 0) is 22.5 Å². The summed E-state index contributed by atoms with van der Waals surface area (Å²) >= 11 is 0. The number of aryl methyl sites for hydroxylation is 1. The van der Waals surface area contributed by atoms with E-state index in [2.05, 4.69) is 0 Å². The monoisotopic (exact) mass is 232 g/mol. The predicted octanol–water partition coefficient (Wildman–Crippen LogP) is 1.21. The number of hydrogen-bond donors (Lipinski definition) is 1. The number of fused-ring (bicyclic) bond motifs is 1. The van der Waals surface area contributed by atoms with Crippen molar-refractivity contribution in [3.63, 3.8) is 0 Å². The third kappa shape index (κ3) is 2.76. The summed E-state index contributed by atoms with van der Waals surface area (Å²) in [7, 11) is -0.817. The number of hydrogen-bond acceptors (Lipinski definition) is 3. The van der Waals surface area contributed by atoms with E-state index in [0.717, 1.165) is 23.0 Å². The summed E-state index contributed by atoms with van der Waals surface area (Å²) in [4.78, 5) is 11.5. The molecule has 3 nitrogen and oxygen atoms in total. The summed E-state index contributed by atoms with van der Waals surface area (Å²) in [5.41, 5.74) is 2.95. The summed E-state index contributed by atoms with van der Waals surface area (Å²) < 4.78 is 5.19. The molecule has 0 fully saturated rings. The molecule has 17 heavy (non-hydrogen) atoms. The van der Waals surface area contributed by atoms with E-state index in [1.165, 1.54) is 0 Å². The molecule has 1 aromatic carbocycles. The maximum absolute atomic E-state index is 11.5. The fourth-order valence-corrected chi connectivity index (χ4v) is 2.26. The van der Waals surface area contributed by atoms with Crippen LogP contribution in [0.25, 0.3) is 0 Å². The minimum absolute atomic E-state index is 0.290. The van der Waals surface area contributed by atoms with Crippen LogP contribution in [0.3, 0.4) is 0 Å². The normalized spacial score (nSPS) is 13.9. The van der Waals surface area contributed by atoms with Crippen LogP contribution in [0, 0.1) is 0 Å². The lowest BCUT2D eigenvalue weighted by atomic mass is 9.75. The zero-order valence-electron chi connectivity index (χ0n) is 10.1. The van der Waals surface area contributed by atoms with E-state index in [9.17, 15) is 9.82 Å². The quantitative estimate of drug-likeness (QED) is 0.776. The Morgan fingerprint density at radius 3 is 3.06 bits per heavy atom. The third-order valence-corrected chi connectivity index (χ3v) is 3.13. The Labute approximate surface area is 102 Å².